The van der Waals surface area contributed by atoms with Gasteiger partial charge in [-0.15, -0.1) is 0 Å². The Morgan fingerprint density at radius 3 is 2.21 bits per heavy atom. The van der Waals surface area contributed by atoms with Gasteiger partial charge >= 0.3 is 12.1 Å². The van der Waals surface area contributed by atoms with Gasteiger partial charge in [0, 0.05) is 31.8 Å². The first kappa shape index (κ1) is 21.0. The quantitative estimate of drug-likeness (QED) is 0.556. The summed E-state index contributed by atoms with van der Waals surface area (Å²) in [5, 5.41) is 2.45. The summed E-state index contributed by atoms with van der Waals surface area (Å²) < 4.78 is 9.71. The number of carbonyl (C=O) groups excluding carboxylic acids is 3. The normalized spacial score (nSPS) is 11.2. The highest BCUT2D eigenvalue weighted by Crippen LogP contribution is 2.12. The number of esters is 1. The van der Waals surface area contributed by atoms with Crippen molar-refractivity contribution in [2.45, 2.75) is 12.5 Å². The predicted molar refractivity (Wildman–Crippen MR) is 106 cm³/mol. The number of hydrogen-bond donors (Lipinski definition) is 1. The zero-order chi connectivity index (χ0) is 20.5. The zero-order valence-corrected chi connectivity index (χ0v) is 16.2. The molecule has 2 aromatic rings. The molecule has 0 fully saturated rings. The lowest BCUT2D eigenvalue weighted by atomic mass is 10.1. The number of nitrogens with zero attached hydrogens (tertiary/aromatic N) is 1. The second-order valence-corrected chi connectivity index (χ2v) is 6.35. The summed E-state index contributed by atoms with van der Waals surface area (Å²) in [6, 6.07) is 15.3. The van der Waals surface area contributed by atoms with Crippen molar-refractivity contribution in [1.29, 1.82) is 0 Å². The fraction of sp³-hybridized carbons (Fsp3) is 0.286. The topological polar surface area (TPSA) is 84.9 Å². The molecule has 0 aliphatic carbocycles. The number of anilines is 1. The molecule has 7 nitrogen and oxygen atoms in total. The third kappa shape index (κ3) is 6.12. The molecule has 1 N–H and O–H groups in total. The van der Waals surface area contributed by atoms with Crippen LogP contribution in [-0.2, 0) is 20.7 Å². The monoisotopic (exact) mass is 384 g/mol. The average molecular weight is 384 g/mol. The van der Waals surface area contributed by atoms with Gasteiger partial charge in [-0.3, -0.25) is 4.79 Å². The fourth-order valence-electron chi connectivity index (χ4n) is 2.53. The van der Waals surface area contributed by atoms with Crippen LogP contribution in [0.25, 0.3) is 0 Å². The Kier molecular flexibility index (Phi) is 7.56. The Morgan fingerprint density at radius 2 is 1.64 bits per heavy atom. The molecule has 28 heavy (non-hydrogen) atoms. The van der Waals surface area contributed by atoms with Gasteiger partial charge in [0.15, 0.2) is 12.4 Å². The molecule has 0 heterocycles. The molecule has 2 rings (SSSR count). The van der Waals surface area contributed by atoms with Crippen LogP contribution in [0.5, 0.6) is 0 Å². The Morgan fingerprint density at radius 1 is 1.00 bits per heavy atom. The number of alkyl carbamates (subject to hydrolysis) is 1. The first-order valence-electron chi connectivity index (χ1n) is 8.76. The number of amides is 1. The SMILES string of the molecule is COC(=O)[C@H](Cc1ccccc1)NC(=O)OCC(=O)c1ccc(N(C)C)cc1. The van der Waals surface area contributed by atoms with Gasteiger partial charge in [0.1, 0.15) is 6.04 Å². The molecule has 0 radical (unpaired) electrons. The standard InChI is InChI=1S/C21H24N2O5/c1-23(2)17-11-9-16(10-12-17)19(24)14-28-21(26)22-18(20(25)27-3)13-15-7-5-4-6-8-15/h4-12,18H,13-14H2,1-3H3,(H,22,26)/t18-/m0/s1. The third-order valence-electron chi connectivity index (χ3n) is 4.10. The molecule has 0 bridgehead atoms. The van der Waals surface area contributed by atoms with Crippen molar-refractivity contribution in [3.63, 3.8) is 0 Å². The van der Waals surface area contributed by atoms with Gasteiger partial charge in [-0.2, -0.15) is 0 Å². The minimum atomic E-state index is -0.908. The number of rotatable bonds is 8. The van der Waals surface area contributed by atoms with Gasteiger partial charge in [0.2, 0.25) is 0 Å². The molecule has 1 amide bonds. The van der Waals surface area contributed by atoms with E-state index in [1.54, 1.807) is 24.3 Å². The number of ketones is 1. The minimum absolute atomic E-state index is 0.253. The number of methoxy groups -OCH3 is 1. The van der Waals surface area contributed by atoms with Gasteiger partial charge < -0.3 is 19.7 Å². The van der Waals surface area contributed by atoms with Crippen LogP contribution in [0.3, 0.4) is 0 Å². The summed E-state index contributed by atoms with van der Waals surface area (Å²) in [7, 11) is 5.04. The van der Waals surface area contributed by atoms with Crippen molar-refractivity contribution in [2.75, 3.05) is 32.7 Å². The Hall–Kier alpha value is -3.35. The predicted octanol–water partition coefficient (Wildman–Crippen LogP) is 2.45. The van der Waals surface area contributed by atoms with Crippen LogP contribution in [-0.4, -0.2) is 51.7 Å². The molecular formula is C21H24N2O5. The van der Waals surface area contributed by atoms with E-state index in [2.05, 4.69) is 5.32 Å². The van der Waals surface area contributed by atoms with Gasteiger partial charge in [-0.1, -0.05) is 30.3 Å². The Balaban J connectivity index is 1.91. The van der Waals surface area contributed by atoms with Crippen molar-refractivity contribution < 1.29 is 23.9 Å². The number of carbonyl (C=O) groups is 3. The number of ether oxygens (including phenoxy) is 2. The highest BCUT2D eigenvalue weighted by molar-refractivity contribution is 5.98. The molecular weight excluding hydrogens is 360 g/mol. The van der Waals surface area contributed by atoms with Crippen molar-refractivity contribution in [3.05, 3.63) is 65.7 Å². The van der Waals surface area contributed by atoms with Gasteiger partial charge in [0.25, 0.3) is 0 Å². The molecule has 148 valence electrons. The van der Waals surface area contributed by atoms with Crippen molar-refractivity contribution >= 4 is 23.5 Å². The van der Waals surface area contributed by atoms with Crippen LogP contribution < -0.4 is 10.2 Å². The maximum atomic E-state index is 12.2. The number of Topliss-reactive ketones (excluding diaryl/α,β-unsaturated/α-hetero) is 1. The molecule has 0 unspecified atom stereocenters. The summed E-state index contributed by atoms with van der Waals surface area (Å²) in [6.07, 6.45) is -0.604. The van der Waals surface area contributed by atoms with E-state index in [9.17, 15) is 14.4 Å². The van der Waals surface area contributed by atoms with Crippen LogP contribution in [0, 0.1) is 0 Å². The van der Waals surface area contributed by atoms with Crippen LogP contribution in [0.4, 0.5) is 10.5 Å². The van der Waals surface area contributed by atoms with Crippen LogP contribution in [0.2, 0.25) is 0 Å². The van der Waals surface area contributed by atoms with E-state index in [0.29, 0.717) is 5.56 Å². The second kappa shape index (κ2) is 10.1. The highest BCUT2D eigenvalue weighted by atomic mass is 16.6. The lowest BCUT2D eigenvalue weighted by Crippen LogP contribution is -2.43. The van der Waals surface area contributed by atoms with E-state index in [1.165, 1.54) is 7.11 Å². The van der Waals surface area contributed by atoms with E-state index in [1.807, 2.05) is 49.3 Å². The first-order valence-corrected chi connectivity index (χ1v) is 8.76. The van der Waals surface area contributed by atoms with Gasteiger partial charge in [0.05, 0.1) is 7.11 Å². The summed E-state index contributed by atoms with van der Waals surface area (Å²) >= 11 is 0. The van der Waals surface area contributed by atoms with Crippen LogP contribution in [0.15, 0.2) is 54.6 Å². The molecule has 0 saturated heterocycles. The summed E-state index contributed by atoms with van der Waals surface area (Å²) in [5.74, 6) is -0.926. The van der Waals surface area contributed by atoms with E-state index >= 15 is 0 Å². The smallest absolute Gasteiger partial charge is 0.408 e. The van der Waals surface area contributed by atoms with Crippen molar-refractivity contribution in [2.24, 2.45) is 0 Å². The second-order valence-electron chi connectivity index (χ2n) is 6.35. The lowest BCUT2D eigenvalue weighted by molar-refractivity contribution is -0.142. The van der Waals surface area contributed by atoms with Gasteiger partial charge in [-0.25, -0.2) is 9.59 Å². The largest absolute Gasteiger partial charge is 0.467 e. The lowest BCUT2D eigenvalue weighted by Gasteiger charge is -2.16. The van der Waals surface area contributed by atoms with E-state index < -0.39 is 24.7 Å². The fourth-order valence-corrected chi connectivity index (χ4v) is 2.53. The summed E-state index contributed by atoms with van der Waals surface area (Å²) in [4.78, 5) is 38.1. The Bertz CT molecular complexity index is 803. The molecule has 0 aliphatic rings. The molecule has 0 aromatic heterocycles. The number of hydrogen-bond acceptors (Lipinski definition) is 6. The maximum Gasteiger partial charge on any atom is 0.408 e. The Labute approximate surface area is 164 Å². The number of benzene rings is 2. The van der Waals surface area contributed by atoms with Crippen molar-refractivity contribution in [1.82, 2.24) is 5.32 Å². The number of nitrogens with one attached hydrogen (secondary N) is 1. The van der Waals surface area contributed by atoms with Crippen LogP contribution >= 0.6 is 0 Å². The first-order chi connectivity index (χ1) is 13.4. The van der Waals surface area contributed by atoms with Crippen LogP contribution in [0.1, 0.15) is 15.9 Å². The minimum Gasteiger partial charge on any atom is -0.467 e. The molecule has 7 heteroatoms. The average Bonchev–Trinajstić information content (AvgIpc) is 2.71. The zero-order valence-electron chi connectivity index (χ0n) is 16.2. The summed E-state index contributed by atoms with van der Waals surface area (Å²) in [5.41, 5.74) is 2.25. The van der Waals surface area contributed by atoms with Gasteiger partial charge in [-0.05, 0) is 29.8 Å². The van der Waals surface area contributed by atoms with E-state index in [-0.39, 0.29) is 12.2 Å². The summed E-state index contributed by atoms with van der Waals surface area (Å²) in [6.45, 7) is -0.424. The maximum absolute atomic E-state index is 12.2. The molecule has 0 spiro atoms. The highest BCUT2D eigenvalue weighted by Gasteiger charge is 2.23. The molecule has 0 aliphatic heterocycles. The van der Waals surface area contributed by atoms with Crippen molar-refractivity contribution in [3.8, 4) is 0 Å². The molecule has 0 saturated carbocycles. The third-order valence-corrected chi connectivity index (χ3v) is 4.10. The van der Waals surface area contributed by atoms with E-state index in [4.69, 9.17) is 9.47 Å². The molecule has 1 atom stereocenters. The molecule has 2 aromatic carbocycles. The van der Waals surface area contributed by atoms with E-state index in [0.717, 1.165) is 11.3 Å².